The third kappa shape index (κ3) is 2.91. The second kappa shape index (κ2) is 5.43. The topological polar surface area (TPSA) is 87.6 Å². The summed E-state index contributed by atoms with van der Waals surface area (Å²) in [5, 5.41) is 0. The largest absolute Gasteiger partial charge is 0.455 e. The molecule has 0 heterocycles. The minimum absolute atomic E-state index is 0.0370. The number of methoxy groups -OCH3 is 1. The van der Waals surface area contributed by atoms with Crippen molar-refractivity contribution < 1.29 is 18.7 Å². The number of carbonyl (C=O) groups excluding carboxylic acids is 1. The maximum atomic E-state index is 13.3. The summed E-state index contributed by atoms with van der Waals surface area (Å²) in [6.07, 6.45) is -3.09. The number of nitrogens with two attached hydrogens (primary N) is 2. The summed E-state index contributed by atoms with van der Waals surface area (Å²) in [7, 11) is 1.25. The number of alkyl halides is 1. The summed E-state index contributed by atoms with van der Waals surface area (Å²) in [5.74, 6) is -0.663. The number of carbonyl (C=O) groups is 1. The lowest BCUT2D eigenvalue weighted by Crippen LogP contribution is -2.37. The van der Waals surface area contributed by atoms with E-state index in [1.165, 1.54) is 19.2 Å². The van der Waals surface area contributed by atoms with Crippen LogP contribution in [0.2, 0.25) is 0 Å². The Kier molecular flexibility index (Phi) is 4.21. The highest BCUT2D eigenvalue weighted by Gasteiger charge is 2.20. The van der Waals surface area contributed by atoms with Crippen LogP contribution in [0.5, 0.6) is 5.75 Å². The van der Waals surface area contributed by atoms with Gasteiger partial charge in [-0.15, -0.1) is 0 Å². The highest BCUT2D eigenvalue weighted by atomic mass is 19.1. The van der Waals surface area contributed by atoms with Gasteiger partial charge < -0.3 is 20.9 Å². The van der Waals surface area contributed by atoms with Crippen LogP contribution in [0.15, 0.2) is 24.3 Å². The molecule has 0 saturated carbocycles. The first-order chi connectivity index (χ1) is 7.56. The summed E-state index contributed by atoms with van der Waals surface area (Å²) in [4.78, 5) is 11.0. The summed E-state index contributed by atoms with van der Waals surface area (Å²) >= 11 is 0. The first-order valence-electron chi connectivity index (χ1n) is 4.54. The minimum Gasteiger partial charge on any atom is -0.455 e. The van der Waals surface area contributed by atoms with E-state index in [0.29, 0.717) is 0 Å². The Balaban J connectivity index is 2.84. The molecule has 1 aromatic rings. The number of benzene rings is 1. The fourth-order valence-corrected chi connectivity index (χ4v) is 1.07. The lowest BCUT2D eigenvalue weighted by molar-refractivity contribution is -0.0641. The van der Waals surface area contributed by atoms with E-state index >= 15 is 0 Å². The lowest BCUT2D eigenvalue weighted by atomic mass is 10.2. The van der Waals surface area contributed by atoms with E-state index in [2.05, 4.69) is 4.74 Å². The van der Waals surface area contributed by atoms with Gasteiger partial charge in [0.2, 0.25) is 0 Å². The molecule has 2 unspecified atom stereocenters. The second-order valence-electron chi connectivity index (χ2n) is 3.03. The zero-order chi connectivity index (χ0) is 12.1. The molecule has 0 saturated heterocycles. The molecule has 2 atom stereocenters. The molecule has 1 rings (SSSR count). The average Bonchev–Trinajstić information content (AvgIpc) is 2.28. The van der Waals surface area contributed by atoms with Crippen LogP contribution in [0.1, 0.15) is 10.4 Å². The number of halogens is 1. The molecule has 0 aromatic heterocycles. The molecule has 0 aliphatic heterocycles. The predicted octanol–water partition coefficient (Wildman–Crippen LogP) is 0.391. The minimum atomic E-state index is -1.87. The molecule has 4 N–H and O–H groups in total. The van der Waals surface area contributed by atoms with Crippen molar-refractivity contribution in [1.29, 1.82) is 0 Å². The average molecular weight is 228 g/mol. The van der Waals surface area contributed by atoms with E-state index in [4.69, 9.17) is 16.2 Å². The third-order valence-electron chi connectivity index (χ3n) is 1.92. The predicted molar refractivity (Wildman–Crippen MR) is 55.5 cm³/mol. The molecule has 16 heavy (non-hydrogen) atoms. The van der Waals surface area contributed by atoms with Crippen molar-refractivity contribution in [3.05, 3.63) is 29.8 Å². The number of primary amides is 1. The van der Waals surface area contributed by atoms with Crippen molar-refractivity contribution in [2.45, 2.75) is 12.6 Å². The number of rotatable bonds is 5. The van der Waals surface area contributed by atoms with E-state index in [1.807, 2.05) is 0 Å². The van der Waals surface area contributed by atoms with Gasteiger partial charge in [-0.05, 0) is 12.1 Å². The van der Waals surface area contributed by atoms with Crippen LogP contribution in [0.4, 0.5) is 4.39 Å². The highest BCUT2D eigenvalue weighted by Crippen LogP contribution is 2.19. The Morgan fingerprint density at radius 1 is 1.44 bits per heavy atom. The van der Waals surface area contributed by atoms with Gasteiger partial charge in [-0.2, -0.15) is 4.39 Å². The van der Waals surface area contributed by atoms with Crippen molar-refractivity contribution in [3.63, 3.8) is 0 Å². The lowest BCUT2D eigenvalue weighted by Gasteiger charge is -2.17. The SMILES string of the molecule is COC(N)C(F)Oc1ccccc1C(N)=O. The summed E-state index contributed by atoms with van der Waals surface area (Å²) in [6.45, 7) is 0. The first-order valence-corrected chi connectivity index (χ1v) is 4.54. The highest BCUT2D eigenvalue weighted by molar-refractivity contribution is 5.95. The number of para-hydroxylation sites is 1. The quantitative estimate of drug-likeness (QED) is 0.713. The zero-order valence-electron chi connectivity index (χ0n) is 8.72. The van der Waals surface area contributed by atoms with Crippen LogP contribution in [0.3, 0.4) is 0 Å². The van der Waals surface area contributed by atoms with Crippen LogP contribution in [0.25, 0.3) is 0 Å². The van der Waals surface area contributed by atoms with Crippen LogP contribution in [0, 0.1) is 0 Å². The van der Waals surface area contributed by atoms with Crippen molar-refractivity contribution in [1.82, 2.24) is 0 Å². The standard InChI is InChI=1S/C10H13FN2O3/c1-15-10(13)8(11)16-7-5-3-2-4-6(7)9(12)14/h2-5,8,10H,13H2,1H3,(H2,12,14). The molecular weight excluding hydrogens is 215 g/mol. The van der Waals surface area contributed by atoms with Gasteiger partial charge in [0.25, 0.3) is 12.3 Å². The number of hydrogen-bond acceptors (Lipinski definition) is 4. The Morgan fingerprint density at radius 3 is 2.62 bits per heavy atom. The molecule has 6 heteroatoms. The van der Waals surface area contributed by atoms with Crippen LogP contribution in [-0.2, 0) is 4.74 Å². The van der Waals surface area contributed by atoms with Gasteiger partial charge in [0.15, 0.2) is 6.23 Å². The number of hydrogen-bond donors (Lipinski definition) is 2. The molecular formula is C10H13FN2O3. The normalized spacial score (nSPS) is 14.2. The van der Waals surface area contributed by atoms with Crippen molar-refractivity contribution in [2.75, 3.05) is 7.11 Å². The maximum Gasteiger partial charge on any atom is 0.277 e. The fourth-order valence-electron chi connectivity index (χ4n) is 1.07. The monoisotopic (exact) mass is 228 g/mol. The van der Waals surface area contributed by atoms with Gasteiger partial charge in [-0.1, -0.05) is 12.1 Å². The Labute approximate surface area is 92.1 Å². The second-order valence-corrected chi connectivity index (χ2v) is 3.03. The van der Waals surface area contributed by atoms with Gasteiger partial charge in [0.1, 0.15) is 5.75 Å². The Hall–Kier alpha value is -1.66. The summed E-state index contributed by atoms with van der Waals surface area (Å²) < 4.78 is 22.7. The molecule has 5 nitrogen and oxygen atoms in total. The fraction of sp³-hybridized carbons (Fsp3) is 0.300. The van der Waals surface area contributed by atoms with Crippen LogP contribution >= 0.6 is 0 Å². The van der Waals surface area contributed by atoms with Crippen LogP contribution < -0.4 is 16.2 Å². The maximum absolute atomic E-state index is 13.3. The van der Waals surface area contributed by atoms with Crippen molar-refractivity contribution >= 4 is 5.91 Å². The van der Waals surface area contributed by atoms with Gasteiger partial charge in [-0.25, -0.2) is 0 Å². The van der Waals surface area contributed by atoms with Crippen LogP contribution in [-0.4, -0.2) is 25.6 Å². The van der Waals surface area contributed by atoms with Gasteiger partial charge in [-0.3, -0.25) is 4.79 Å². The molecule has 88 valence electrons. The van der Waals surface area contributed by atoms with Gasteiger partial charge in [0.05, 0.1) is 5.56 Å². The Morgan fingerprint density at radius 2 is 2.06 bits per heavy atom. The van der Waals surface area contributed by atoms with Gasteiger partial charge >= 0.3 is 0 Å². The summed E-state index contributed by atoms with van der Waals surface area (Å²) in [6, 6.07) is 6.04. The third-order valence-corrected chi connectivity index (χ3v) is 1.92. The van der Waals surface area contributed by atoms with E-state index in [1.54, 1.807) is 12.1 Å². The van der Waals surface area contributed by atoms with E-state index < -0.39 is 18.5 Å². The van der Waals surface area contributed by atoms with Crippen molar-refractivity contribution in [2.24, 2.45) is 11.5 Å². The summed E-state index contributed by atoms with van der Waals surface area (Å²) in [5.41, 5.74) is 10.4. The molecule has 0 spiro atoms. The number of ether oxygens (including phenoxy) is 2. The number of amides is 1. The molecule has 0 radical (unpaired) electrons. The molecule has 1 amide bonds. The molecule has 0 fully saturated rings. The first kappa shape index (κ1) is 12.4. The van der Waals surface area contributed by atoms with E-state index in [0.717, 1.165) is 0 Å². The van der Waals surface area contributed by atoms with Gasteiger partial charge in [0, 0.05) is 7.11 Å². The smallest absolute Gasteiger partial charge is 0.277 e. The van der Waals surface area contributed by atoms with Crippen molar-refractivity contribution in [3.8, 4) is 5.75 Å². The molecule has 0 aliphatic rings. The zero-order valence-corrected chi connectivity index (χ0v) is 8.72. The molecule has 0 bridgehead atoms. The van der Waals surface area contributed by atoms with E-state index in [9.17, 15) is 9.18 Å². The molecule has 1 aromatic carbocycles. The van der Waals surface area contributed by atoms with E-state index in [-0.39, 0.29) is 11.3 Å². The molecule has 0 aliphatic carbocycles. The Bertz CT molecular complexity index is 373.